The molecule has 1 aliphatic heterocycles. The highest BCUT2D eigenvalue weighted by atomic mass is 32.1. The van der Waals surface area contributed by atoms with Crippen molar-refractivity contribution in [1.82, 2.24) is 15.1 Å². The fourth-order valence-corrected chi connectivity index (χ4v) is 5.32. The van der Waals surface area contributed by atoms with Crippen LogP contribution in [0.5, 0.6) is 11.5 Å². The molecule has 0 bridgehead atoms. The number of amides is 3. The minimum Gasteiger partial charge on any atom is -0.459 e. The molecule has 0 saturated carbocycles. The first-order valence-electron chi connectivity index (χ1n) is 13.3. The maximum absolute atomic E-state index is 13.1. The van der Waals surface area contributed by atoms with Crippen LogP contribution >= 0.6 is 11.3 Å². The number of urea groups is 1. The zero-order valence-corrected chi connectivity index (χ0v) is 24.3. The number of nitrogens with one attached hydrogen (secondary N) is 1. The molecule has 3 amide bonds. The lowest BCUT2D eigenvalue weighted by Gasteiger charge is -2.38. The minimum absolute atomic E-state index is 0.128. The van der Waals surface area contributed by atoms with Gasteiger partial charge in [-0.05, 0) is 87.5 Å². The van der Waals surface area contributed by atoms with Gasteiger partial charge in [-0.15, -0.1) is 11.3 Å². The van der Waals surface area contributed by atoms with Gasteiger partial charge in [-0.25, -0.2) is 9.59 Å². The maximum Gasteiger partial charge on any atom is 0.338 e. The monoisotopic (exact) mass is 561 g/mol. The molecule has 40 heavy (non-hydrogen) atoms. The van der Waals surface area contributed by atoms with E-state index in [0.29, 0.717) is 42.1 Å². The maximum atomic E-state index is 13.1. The Kier molecular flexibility index (Phi) is 9.26. The average molecular weight is 562 g/mol. The van der Waals surface area contributed by atoms with Gasteiger partial charge < -0.3 is 24.6 Å². The van der Waals surface area contributed by atoms with Crippen molar-refractivity contribution in [3.05, 3.63) is 93.3 Å². The summed E-state index contributed by atoms with van der Waals surface area (Å²) in [4.78, 5) is 43.6. The van der Waals surface area contributed by atoms with E-state index in [-0.39, 0.29) is 18.0 Å². The van der Waals surface area contributed by atoms with E-state index in [1.54, 1.807) is 73.2 Å². The molecule has 2 aromatic carbocycles. The van der Waals surface area contributed by atoms with Crippen LogP contribution in [-0.4, -0.2) is 53.9 Å². The first-order valence-corrected chi connectivity index (χ1v) is 14.1. The lowest BCUT2D eigenvalue weighted by molar-refractivity contribution is -0.143. The average Bonchev–Trinajstić information content (AvgIpc) is 3.35. The number of allylic oxidation sites excluding steroid dienone is 1. The Bertz CT molecular complexity index is 1380. The van der Waals surface area contributed by atoms with Crippen LogP contribution in [-0.2, 0) is 9.53 Å². The van der Waals surface area contributed by atoms with Crippen LogP contribution in [0.15, 0.2) is 77.3 Å². The highest BCUT2D eigenvalue weighted by Gasteiger charge is 2.39. The number of nitrogens with zero attached hydrogens (tertiary/aromatic N) is 2. The molecule has 0 spiro atoms. The number of aryl methyl sites for hydroxylation is 1. The number of hydrogen-bond donors (Lipinski definition) is 1. The van der Waals surface area contributed by atoms with Crippen molar-refractivity contribution in [3.63, 3.8) is 0 Å². The van der Waals surface area contributed by atoms with Gasteiger partial charge in [-0.2, -0.15) is 0 Å². The minimum atomic E-state index is -0.567. The Morgan fingerprint density at radius 1 is 1.05 bits per heavy atom. The van der Waals surface area contributed by atoms with Crippen LogP contribution in [0.25, 0.3) is 0 Å². The fraction of sp³-hybridized carbons (Fsp3) is 0.323. The van der Waals surface area contributed by atoms with Crippen LogP contribution in [0.2, 0.25) is 0 Å². The molecular weight excluding hydrogens is 526 g/mol. The van der Waals surface area contributed by atoms with E-state index in [2.05, 4.69) is 5.32 Å². The SMILES string of the molecule is CC1=C(C(=O)OC(C)C)C(c2csc(C)c2)N(CCCN(C)C(=O)c2ccc(Oc3ccccc3)cc2)C(=O)N1. The Hall–Kier alpha value is -4.11. The van der Waals surface area contributed by atoms with E-state index in [1.807, 2.05) is 48.7 Å². The van der Waals surface area contributed by atoms with Crippen molar-refractivity contribution < 1.29 is 23.9 Å². The molecule has 0 saturated heterocycles. The zero-order chi connectivity index (χ0) is 28.8. The third-order valence-electron chi connectivity index (χ3n) is 6.49. The number of esters is 1. The molecule has 2 heterocycles. The van der Waals surface area contributed by atoms with Gasteiger partial charge in [0.05, 0.1) is 17.7 Å². The Morgan fingerprint density at radius 3 is 2.35 bits per heavy atom. The van der Waals surface area contributed by atoms with Crippen molar-refractivity contribution >= 4 is 29.2 Å². The predicted molar refractivity (Wildman–Crippen MR) is 155 cm³/mol. The first kappa shape index (κ1) is 28.9. The van der Waals surface area contributed by atoms with E-state index < -0.39 is 12.0 Å². The molecule has 1 aliphatic rings. The van der Waals surface area contributed by atoms with Gasteiger partial charge >= 0.3 is 12.0 Å². The van der Waals surface area contributed by atoms with E-state index >= 15 is 0 Å². The standard InChI is InChI=1S/C31H35N3O5S/c1-20(2)38-30(36)27-22(4)32-31(37)34(28(27)24-18-21(3)40-19-24)17-9-16-33(5)29(35)23-12-14-26(15-13-23)39-25-10-7-6-8-11-25/h6-8,10-15,18-20,28H,9,16-17H2,1-5H3,(H,32,37). The summed E-state index contributed by atoms with van der Waals surface area (Å²) in [6.07, 6.45) is 0.234. The molecule has 1 N–H and O–H groups in total. The van der Waals surface area contributed by atoms with Crippen LogP contribution in [0.4, 0.5) is 4.79 Å². The molecule has 9 heteroatoms. The zero-order valence-electron chi connectivity index (χ0n) is 23.5. The molecule has 1 aromatic heterocycles. The summed E-state index contributed by atoms with van der Waals surface area (Å²) in [6, 6.07) is 17.6. The Balaban J connectivity index is 1.42. The van der Waals surface area contributed by atoms with Gasteiger partial charge in [-0.1, -0.05) is 18.2 Å². The van der Waals surface area contributed by atoms with E-state index in [4.69, 9.17) is 9.47 Å². The molecular formula is C31H35N3O5S. The second-order valence-electron chi connectivity index (χ2n) is 10.0. The second-order valence-corrected chi connectivity index (χ2v) is 11.1. The third-order valence-corrected chi connectivity index (χ3v) is 7.37. The van der Waals surface area contributed by atoms with Crippen molar-refractivity contribution in [2.45, 2.75) is 46.3 Å². The van der Waals surface area contributed by atoms with Crippen molar-refractivity contribution in [1.29, 1.82) is 0 Å². The molecule has 0 aliphatic carbocycles. The molecule has 0 radical (unpaired) electrons. The number of rotatable bonds is 10. The van der Waals surface area contributed by atoms with Gasteiger partial charge in [0.1, 0.15) is 11.5 Å². The van der Waals surface area contributed by atoms with E-state index in [0.717, 1.165) is 16.2 Å². The van der Waals surface area contributed by atoms with E-state index in [9.17, 15) is 14.4 Å². The van der Waals surface area contributed by atoms with Crippen LogP contribution < -0.4 is 10.1 Å². The van der Waals surface area contributed by atoms with Crippen LogP contribution in [0.1, 0.15) is 54.0 Å². The quantitative estimate of drug-likeness (QED) is 0.294. The van der Waals surface area contributed by atoms with Crippen molar-refractivity contribution in [2.75, 3.05) is 20.1 Å². The molecule has 1 atom stereocenters. The number of para-hydroxylation sites is 1. The van der Waals surface area contributed by atoms with E-state index in [1.165, 1.54) is 0 Å². The second kappa shape index (κ2) is 12.8. The van der Waals surface area contributed by atoms with Gasteiger partial charge in [0.15, 0.2) is 0 Å². The van der Waals surface area contributed by atoms with Gasteiger partial charge in [0.2, 0.25) is 0 Å². The number of benzene rings is 2. The summed E-state index contributed by atoms with van der Waals surface area (Å²) in [5.41, 5.74) is 2.33. The molecule has 210 valence electrons. The van der Waals surface area contributed by atoms with Gasteiger partial charge in [-0.3, -0.25) is 4.79 Å². The molecule has 1 unspecified atom stereocenters. The van der Waals surface area contributed by atoms with Crippen molar-refractivity contribution in [2.24, 2.45) is 0 Å². The Labute approximate surface area is 239 Å². The van der Waals surface area contributed by atoms with Gasteiger partial charge in [0.25, 0.3) is 5.91 Å². The van der Waals surface area contributed by atoms with Crippen molar-refractivity contribution in [3.8, 4) is 11.5 Å². The summed E-state index contributed by atoms with van der Waals surface area (Å²) < 4.78 is 11.3. The molecule has 4 rings (SSSR count). The first-order chi connectivity index (χ1) is 19.1. The Morgan fingerprint density at radius 2 is 1.73 bits per heavy atom. The number of ether oxygens (including phenoxy) is 2. The lowest BCUT2D eigenvalue weighted by atomic mass is 9.95. The highest BCUT2D eigenvalue weighted by molar-refractivity contribution is 7.10. The highest BCUT2D eigenvalue weighted by Crippen LogP contribution is 2.36. The van der Waals surface area contributed by atoms with Gasteiger partial charge in [0, 0.05) is 36.3 Å². The molecule has 3 aromatic rings. The lowest BCUT2D eigenvalue weighted by Crippen LogP contribution is -2.49. The summed E-state index contributed by atoms with van der Waals surface area (Å²) in [7, 11) is 1.74. The summed E-state index contributed by atoms with van der Waals surface area (Å²) in [5.74, 6) is 0.794. The third kappa shape index (κ3) is 6.90. The number of carbonyl (C=O) groups is 3. The number of hydrogen-bond acceptors (Lipinski definition) is 6. The smallest absolute Gasteiger partial charge is 0.338 e. The largest absolute Gasteiger partial charge is 0.459 e. The molecule has 8 nitrogen and oxygen atoms in total. The number of carbonyl (C=O) groups excluding carboxylic acids is 3. The summed E-state index contributed by atoms with van der Waals surface area (Å²) in [5, 5.41) is 4.80. The van der Waals surface area contributed by atoms with Crippen LogP contribution in [0, 0.1) is 6.92 Å². The number of thiophene rings is 1. The predicted octanol–water partition coefficient (Wildman–Crippen LogP) is 6.30. The topological polar surface area (TPSA) is 88.2 Å². The summed E-state index contributed by atoms with van der Waals surface area (Å²) in [6.45, 7) is 8.08. The summed E-state index contributed by atoms with van der Waals surface area (Å²) >= 11 is 1.57. The normalized spacial score (nSPS) is 15.2. The fourth-order valence-electron chi connectivity index (χ4n) is 4.59. The molecule has 0 fully saturated rings. The van der Waals surface area contributed by atoms with Crippen LogP contribution in [0.3, 0.4) is 0 Å².